The van der Waals surface area contributed by atoms with E-state index in [2.05, 4.69) is 65.4 Å². The zero-order valence-corrected chi connectivity index (χ0v) is 69.2. The van der Waals surface area contributed by atoms with E-state index in [4.69, 9.17) is 11.5 Å². The smallest absolute Gasteiger partial charge is 0.305 e. The molecular weight excluding hydrogens is 1500 g/mol. The molecule has 1 aromatic rings. The molecule has 113 heavy (non-hydrogen) atoms. The van der Waals surface area contributed by atoms with Crippen LogP contribution in [0.15, 0.2) is 24.3 Å². The highest BCUT2D eigenvalue weighted by atomic mass is 32.2. The molecule has 19 N–H and O–H groups in total. The summed E-state index contributed by atoms with van der Waals surface area (Å²) in [7, 11) is 0. The number of thioether (sulfide) groups is 2. The molecule has 13 atom stereocenters. The van der Waals surface area contributed by atoms with E-state index in [1.807, 2.05) is 20.1 Å². The number of nitrogens with two attached hydrogens (primary N) is 2. The number of Topliss-reactive ketones (excluding diaryl/α,β-unsaturated/α-hetero) is 1. The van der Waals surface area contributed by atoms with Crippen LogP contribution in [0.4, 0.5) is 0 Å². The van der Waals surface area contributed by atoms with Gasteiger partial charge < -0.3 is 95.3 Å². The molecule has 0 bridgehead atoms. The SMILES string of the molecule is CCCCCCCCCCCCCCCC(=O)N[C@@H](CCSC)C(=O)NCC(=O)N[C@@H](Cc1ccc(O)cc1)C(=O)N[C@@H](CCC(N)=O)C(=O)N[C@@H](CCCCC)C(=O)N[C@@H](CCCCN)C(=O)N[C@H]1CC(C)N([C@@H](CCCC)C(=O)N[C@@H](CO)C(=O)N[C@@H](CCSC)C(=O)N[C@H](C(=O)N[C@@H](CC(=O)O)C(C)=O)[C@H](C)O)C1=O. The van der Waals surface area contributed by atoms with Crippen LogP contribution in [-0.4, -0.2) is 236 Å². The first-order chi connectivity index (χ1) is 53.9. The maximum atomic E-state index is 14.7. The molecule has 0 saturated carbocycles. The number of hydrogen-bond donors (Lipinski definition) is 17. The zero-order valence-electron chi connectivity index (χ0n) is 67.6. The number of hydrogen-bond acceptors (Lipinski definition) is 21. The van der Waals surface area contributed by atoms with Crippen molar-refractivity contribution in [2.75, 3.05) is 43.7 Å². The van der Waals surface area contributed by atoms with Gasteiger partial charge in [0.25, 0.3) is 0 Å². The molecule has 1 aliphatic rings. The number of aliphatic carboxylic acids is 1. The molecule has 33 nitrogen and oxygen atoms in total. The topological polar surface area (TPSA) is 525 Å². The average Bonchev–Trinajstić information content (AvgIpc) is 1.65. The molecule has 1 fully saturated rings. The van der Waals surface area contributed by atoms with Crippen LogP contribution in [0, 0.1) is 0 Å². The van der Waals surface area contributed by atoms with Crippen LogP contribution < -0.4 is 70.0 Å². The Morgan fingerprint density at radius 3 is 1.47 bits per heavy atom. The van der Waals surface area contributed by atoms with Gasteiger partial charge >= 0.3 is 5.97 Å². The van der Waals surface area contributed by atoms with Crippen molar-refractivity contribution in [2.45, 2.75) is 319 Å². The molecule has 1 aliphatic heterocycles. The van der Waals surface area contributed by atoms with E-state index in [-0.39, 0.29) is 81.7 Å². The molecule has 35 heteroatoms. The second-order valence-electron chi connectivity index (χ2n) is 29.2. The van der Waals surface area contributed by atoms with Crippen LogP contribution in [-0.2, 0) is 78.3 Å². The minimum atomic E-state index is -1.73. The third-order valence-corrected chi connectivity index (χ3v) is 20.8. The Balaban J connectivity index is 2.37. The highest BCUT2D eigenvalue weighted by Crippen LogP contribution is 2.26. The van der Waals surface area contributed by atoms with Gasteiger partial charge in [-0.25, -0.2) is 0 Å². The van der Waals surface area contributed by atoms with Gasteiger partial charge in [0, 0.05) is 25.3 Å². The number of aliphatic hydroxyl groups is 2. The summed E-state index contributed by atoms with van der Waals surface area (Å²) in [5.41, 5.74) is 11.9. The van der Waals surface area contributed by atoms with Crippen molar-refractivity contribution in [1.82, 2.24) is 63.4 Å². The number of nitrogens with zero attached hydrogens (tertiary/aromatic N) is 1. The summed E-state index contributed by atoms with van der Waals surface area (Å²) in [6, 6.07) is -10.7. The van der Waals surface area contributed by atoms with Crippen molar-refractivity contribution in [3.05, 3.63) is 29.8 Å². The number of aromatic hydroxyl groups is 1. The zero-order chi connectivity index (χ0) is 84.4. The molecule has 640 valence electrons. The average molecular weight is 1630 g/mol. The van der Waals surface area contributed by atoms with Gasteiger partial charge in [0.15, 0.2) is 5.78 Å². The first kappa shape index (κ1) is 101. The van der Waals surface area contributed by atoms with Gasteiger partial charge in [0.1, 0.15) is 66.2 Å². The number of primary amides is 1. The Kier molecular flexibility index (Phi) is 51.6. The van der Waals surface area contributed by atoms with E-state index in [0.29, 0.717) is 62.7 Å². The van der Waals surface area contributed by atoms with Crippen LogP contribution in [0.5, 0.6) is 5.75 Å². The van der Waals surface area contributed by atoms with Crippen LogP contribution >= 0.6 is 23.5 Å². The molecule has 0 aliphatic carbocycles. The van der Waals surface area contributed by atoms with E-state index in [1.165, 1.54) is 104 Å². The standard InChI is InChI=1S/C78H132N14O19S2/c1-9-12-15-16-17-18-19-20-21-22-23-24-26-32-65(98)82-57(39-42-112-7)69(102)81-47-66(99)83-60(45-52-33-35-53(96)36-34-52)74(107)86-56(37-38-64(80)97)72(105)85-54(29-25-13-10-2)70(103)84-55(30-27-28-41-79)71(104)89-61-44-49(4)92(78(61)111)63(31-14-11-3)76(109)90-62(48-93)75(108)87-58(40-43-113-8)73(106)91-68(51(6)95)77(110)88-59(50(5)94)46-67(100)101/h33-36,49,51,54-63,68,93,95-96H,9-32,37-48,79H2,1-8H3,(H2,80,97)(H,81,102)(H,82,98)(H,83,99)(H,84,103)(H,85,105)(H,86,107)(H,87,108)(H,88,110)(H,89,104)(H,90,109)(H,91,106)(H,100,101)/t49?,51-,54-,55-,56-,57-,58-,59-,60-,61-,62-,63-,68-/m0/s1. The van der Waals surface area contributed by atoms with Crippen molar-refractivity contribution < 1.29 is 92.3 Å². The molecule has 0 spiro atoms. The molecule has 1 heterocycles. The van der Waals surface area contributed by atoms with Gasteiger partial charge in [-0.15, -0.1) is 0 Å². The lowest BCUT2D eigenvalue weighted by molar-refractivity contribution is -0.142. The largest absolute Gasteiger partial charge is 0.508 e. The molecule has 2 rings (SSSR count). The third-order valence-electron chi connectivity index (χ3n) is 19.5. The second kappa shape index (κ2) is 57.8. The van der Waals surface area contributed by atoms with Crippen LogP contribution in [0.25, 0.3) is 0 Å². The lowest BCUT2D eigenvalue weighted by atomic mass is 10.0. The van der Waals surface area contributed by atoms with Crippen LogP contribution in [0.2, 0.25) is 0 Å². The summed E-state index contributed by atoms with van der Waals surface area (Å²) in [5, 5.41) is 68.8. The predicted molar refractivity (Wildman–Crippen MR) is 432 cm³/mol. The lowest BCUT2D eigenvalue weighted by Crippen LogP contribution is -2.61. The van der Waals surface area contributed by atoms with E-state index in [0.717, 1.165) is 39.5 Å². The fourth-order valence-electron chi connectivity index (χ4n) is 12.9. The summed E-state index contributed by atoms with van der Waals surface area (Å²) in [5.74, 6) is -12.2. The summed E-state index contributed by atoms with van der Waals surface area (Å²) >= 11 is 2.76. The van der Waals surface area contributed by atoms with Gasteiger partial charge in [-0.05, 0) is 133 Å². The third kappa shape index (κ3) is 40.6. The number of unbranched alkanes of at least 4 members (excludes halogenated alkanes) is 16. The number of amides is 13. The number of carbonyl (C=O) groups excluding carboxylic acids is 14. The van der Waals surface area contributed by atoms with Crippen molar-refractivity contribution in [3.8, 4) is 5.75 Å². The molecular formula is C78H132N14O19S2. The summed E-state index contributed by atoms with van der Waals surface area (Å²) in [4.78, 5) is 206. The molecule has 0 radical (unpaired) electrons. The molecule has 1 unspecified atom stereocenters. The van der Waals surface area contributed by atoms with Gasteiger partial charge in [-0.1, -0.05) is 142 Å². The maximum Gasteiger partial charge on any atom is 0.305 e. The number of likely N-dealkylation sites (tertiary alicyclic amines) is 1. The van der Waals surface area contributed by atoms with Crippen molar-refractivity contribution in [2.24, 2.45) is 11.5 Å². The fourth-order valence-corrected chi connectivity index (χ4v) is 13.9. The van der Waals surface area contributed by atoms with E-state index >= 15 is 0 Å². The number of phenolic OH excluding ortho intramolecular Hbond substituents is 1. The van der Waals surface area contributed by atoms with Gasteiger partial charge in [0.05, 0.1) is 31.7 Å². The predicted octanol–water partition coefficient (Wildman–Crippen LogP) is 2.48. The molecule has 0 aromatic heterocycles. The number of phenols is 1. The highest BCUT2D eigenvalue weighted by molar-refractivity contribution is 7.98. The lowest BCUT2D eigenvalue weighted by Gasteiger charge is -2.32. The number of carboxylic acid groups (broad SMARTS) is 1. The number of rotatable bonds is 63. The van der Waals surface area contributed by atoms with Crippen molar-refractivity contribution in [3.63, 3.8) is 0 Å². The van der Waals surface area contributed by atoms with Gasteiger partial charge in [-0.3, -0.25) is 71.9 Å². The van der Waals surface area contributed by atoms with Gasteiger partial charge in [-0.2, -0.15) is 23.5 Å². The fraction of sp³-hybridized carbons (Fsp3) is 0.731. The van der Waals surface area contributed by atoms with Crippen molar-refractivity contribution >= 4 is 112 Å². The maximum absolute atomic E-state index is 14.7. The normalized spacial score (nSPS) is 16.2. The minimum Gasteiger partial charge on any atom is -0.508 e. The summed E-state index contributed by atoms with van der Waals surface area (Å²) in [6.45, 7) is 8.38. The Hall–Kier alpha value is -8.15. The number of ketones is 1. The Morgan fingerprint density at radius 2 is 0.965 bits per heavy atom. The summed E-state index contributed by atoms with van der Waals surface area (Å²) in [6.07, 6.45) is 18.8. The highest BCUT2D eigenvalue weighted by Gasteiger charge is 2.46. The van der Waals surface area contributed by atoms with Crippen molar-refractivity contribution in [1.29, 1.82) is 0 Å². The van der Waals surface area contributed by atoms with Gasteiger partial charge in [0.2, 0.25) is 76.8 Å². The number of carbonyl (C=O) groups is 15. The van der Waals surface area contributed by atoms with E-state index in [1.54, 1.807) is 13.2 Å². The Bertz CT molecular complexity index is 3160. The first-order valence-electron chi connectivity index (χ1n) is 40.3. The number of aliphatic hydroxyl groups excluding tert-OH is 2. The van der Waals surface area contributed by atoms with E-state index in [9.17, 15) is 92.3 Å². The monoisotopic (exact) mass is 1630 g/mol. The second-order valence-corrected chi connectivity index (χ2v) is 31.2. The molecule has 1 saturated heterocycles. The van der Waals surface area contributed by atoms with Crippen LogP contribution in [0.1, 0.15) is 240 Å². The number of carboxylic acids is 1. The minimum absolute atomic E-state index is 0.00697. The summed E-state index contributed by atoms with van der Waals surface area (Å²) < 4.78 is 0. The van der Waals surface area contributed by atoms with E-state index < -0.39 is 187 Å². The Morgan fingerprint density at radius 1 is 0.513 bits per heavy atom. The van der Waals surface area contributed by atoms with Crippen LogP contribution in [0.3, 0.4) is 0 Å². The molecule has 13 amide bonds. The quantitative estimate of drug-likeness (QED) is 0.0417. The first-order valence-corrected chi connectivity index (χ1v) is 43.1. The number of nitrogens with one attached hydrogen (secondary N) is 11. The molecule has 1 aromatic carbocycles. The Labute approximate surface area is 674 Å². The number of benzene rings is 1.